The molecule has 0 spiro atoms. The monoisotopic (exact) mass is 346 g/mol. The van der Waals surface area contributed by atoms with Crippen LogP contribution in [-0.4, -0.2) is 46.8 Å². The SMILES string of the molecule is C[C@H](NC(=O)C[S@](=O)[C@H](C)c1c(F)cccc1F)C(=O)N(C)C. The van der Waals surface area contributed by atoms with Crippen LogP contribution in [-0.2, 0) is 20.4 Å². The van der Waals surface area contributed by atoms with Crippen molar-refractivity contribution in [2.24, 2.45) is 0 Å². The van der Waals surface area contributed by atoms with E-state index in [1.54, 1.807) is 14.1 Å². The van der Waals surface area contributed by atoms with Gasteiger partial charge >= 0.3 is 0 Å². The minimum absolute atomic E-state index is 0.308. The molecule has 0 aliphatic carbocycles. The number of likely N-dealkylation sites (N-methyl/N-ethyl adjacent to an activating group) is 1. The predicted octanol–water partition coefficient (Wildman–Crippen LogP) is 1.37. The second-order valence-corrected chi connectivity index (χ2v) is 7.08. The van der Waals surface area contributed by atoms with Crippen molar-refractivity contribution in [3.63, 3.8) is 0 Å². The van der Waals surface area contributed by atoms with E-state index in [1.165, 1.54) is 24.8 Å². The van der Waals surface area contributed by atoms with E-state index in [4.69, 9.17) is 0 Å². The molecule has 0 bridgehead atoms. The molecule has 23 heavy (non-hydrogen) atoms. The third kappa shape index (κ3) is 5.09. The largest absolute Gasteiger partial charge is 0.347 e. The molecular formula is C15H20F2N2O3S. The van der Waals surface area contributed by atoms with Crippen LogP contribution >= 0.6 is 0 Å². The van der Waals surface area contributed by atoms with Gasteiger partial charge in [0, 0.05) is 30.5 Å². The fourth-order valence-electron chi connectivity index (χ4n) is 2.02. The lowest BCUT2D eigenvalue weighted by Crippen LogP contribution is -2.45. The summed E-state index contributed by atoms with van der Waals surface area (Å²) in [7, 11) is 1.27. The molecule has 0 heterocycles. The Balaban J connectivity index is 2.72. The van der Waals surface area contributed by atoms with Gasteiger partial charge in [-0.3, -0.25) is 13.8 Å². The van der Waals surface area contributed by atoms with Crippen LogP contribution in [0.25, 0.3) is 0 Å². The molecule has 1 rings (SSSR count). The van der Waals surface area contributed by atoms with Crippen molar-refractivity contribution >= 4 is 22.6 Å². The lowest BCUT2D eigenvalue weighted by atomic mass is 10.1. The van der Waals surface area contributed by atoms with Gasteiger partial charge in [-0.25, -0.2) is 8.78 Å². The van der Waals surface area contributed by atoms with Crippen molar-refractivity contribution in [2.75, 3.05) is 19.8 Å². The number of nitrogens with one attached hydrogen (secondary N) is 1. The molecule has 1 aromatic rings. The molecule has 0 aliphatic rings. The van der Waals surface area contributed by atoms with Gasteiger partial charge in [0.25, 0.3) is 0 Å². The third-order valence-corrected chi connectivity index (χ3v) is 4.83. The average molecular weight is 346 g/mol. The van der Waals surface area contributed by atoms with E-state index in [0.717, 1.165) is 12.1 Å². The summed E-state index contributed by atoms with van der Waals surface area (Å²) in [5.74, 6) is -2.98. The highest BCUT2D eigenvalue weighted by atomic mass is 32.2. The molecular weight excluding hydrogens is 326 g/mol. The van der Waals surface area contributed by atoms with E-state index >= 15 is 0 Å². The van der Waals surface area contributed by atoms with Crippen LogP contribution < -0.4 is 5.32 Å². The zero-order valence-corrected chi connectivity index (χ0v) is 14.2. The first-order chi connectivity index (χ1) is 10.6. The number of halogens is 2. The van der Waals surface area contributed by atoms with Gasteiger partial charge in [0.2, 0.25) is 11.8 Å². The Bertz CT molecular complexity index is 602. The van der Waals surface area contributed by atoms with Crippen molar-refractivity contribution in [3.8, 4) is 0 Å². The highest BCUT2D eigenvalue weighted by Gasteiger charge is 2.24. The summed E-state index contributed by atoms with van der Waals surface area (Å²) in [5, 5.41) is 1.43. The molecule has 8 heteroatoms. The number of hydrogen-bond acceptors (Lipinski definition) is 3. The first-order valence-corrected chi connectivity index (χ1v) is 8.35. The molecule has 3 atom stereocenters. The topological polar surface area (TPSA) is 66.5 Å². The Morgan fingerprint density at radius 3 is 2.22 bits per heavy atom. The van der Waals surface area contributed by atoms with Gasteiger partial charge in [0.05, 0.1) is 5.25 Å². The molecule has 0 fully saturated rings. The first kappa shape index (κ1) is 19.2. The number of amides is 2. The summed E-state index contributed by atoms with van der Waals surface area (Å²) in [4.78, 5) is 24.8. The van der Waals surface area contributed by atoms with Gasteiger partial charge in [0.15, 0.2) is 0 Å². The summed E-state index contributed by atoms with van der Waals surface area (Å²) in [6.07, 6.45) is 0. The van der Waals surface area contributed by atoms with Crippen LogP contribution in [0.4, 0.5) is 8.78 Å². The third-order valence-electron chi connectivity index (χ3n) is 3.26. The zero-order chi connectivity index (χ0) is 17.7. The molecule has 0 radical (unpaired) electrons. The molecule has 128 valence electrons. The van der Waals surface area contributed by atoms with E-state index in [0.29, 0.717) is 0 Å². The number of rotatable bonds is 6. The summed E-state index contributed by atoms with van der Waals surface area (Å²) >= 11 is 0. The highest BCUT2D eigenvalue weighted by Crippen LogP contribution is 2.25. The lowest BCUT2D eigenvalue weighted by Gasteiger charge is -2.18. The van der Waals surface area contributed by atoms with E-state index < -0.39 is 45.4 Å². The van der Waals surface area contributed by atoms with Crippen molar-refractivity contribution in [1.29, 1.82) is 0 Å². The van der Waals surface area contributed by atoms with Gasteiger partial charge in [0.1, 0.15) is 23.4 Å². The molecule has 0 saturated heterocycles. The van der Waals surface area contributed by atoms with Gasteiger partial charge < -0.3 is 10.2 Å². The quantitative estimate of drug-likeness (QED) is 0.846. The van der Waals surface area contributed by atoms with Crippen molar-refractivity contribution < 1.29 is 22.6 Å². The lowest BCUT2D eigenvalue weighted by molar-refractivity contribution is -0.133. The van der Waals surface area contributed by atoms with Gasteiger partial charge in [-0.15, -0.1) is 0 Å². The van der Waals surface area contributed by atoms with Gasteiger partial charge in [-0.2, -0.15) is 0 Å². The normalized spacial score (nSPS) is 14.7. The van der Waals surface area contributed by atoms with E-state index in [2.05, 4.69) is 5.32 Å². The van der Waals surface area contributed by atoms with Crippen LogP contribution in [0.15, 0.2) is 18.2 Å². The first-order valence-electron chi connectivity index (χ1n) is 6.96. The van der Waals surface area contributed by atoms with Crippen LogP contribution in [0.2, 0.25) is 0 Å². The molecule has 0 saturated carbocycles. The standard InChI is InChI=1S/C15H20F2N2O3S/c1-9(15(21)19(3)4)18-13(20)8-23(22)10(2)14-11(16)6-5-7-12(14)17/h5-7,9-10H,8H2,1-4H3,(H,18,20)/t9-,10+,23-/m0/s1. The fraction of sp³-hybridized carbons (Fsp3) is 0.467. The molecule has 2 amide bonds. The Morgan fingerprint density at radius 1 is 1.22 bits per heavy atom. The summed E-state index contributed by atoms with van der Waals surface area (Å²) in [6, 6.07) is 2.59. The fourth-order valence-corrected chi connectivity index (χ4v) is 3.10. The minimum atomic E-state index is -1.82. The second kappa shape index (κ2) is 8.14. The zero-order valence-electron chi connectivity index (χ0n) is 13.4. The highest BCUT2D eigenvalue weighted by molar-refractivity contribution is 7.86. The van der Waals surface area contributed by atoms with Crippen molar-refractivity contribution in [2.45, 2.75) is 25.1 Å². The number of hydrogen-bond donors (Lipinski definition) is 1. The molecule has 1 aromatic carbocycles. The Labute approximate surface area is 136 Å². The molecule has 0 aromatic heterocycles. The van der Waals surface area contributed by atoms with Crippen LogP contribution in [0.3, 0.4) is 0 Å². The van der Waals surface area contributed by atoms with Gasteiger partial charge in [-0.05, 0) is 26.0 Å². The molecule has 0 unspecified atom stereocenters. The van der Waals surface area contributed by atoms with Crippen LogP contribution in [0.1, 0.15) is 24.7 Å². The smallest absolute Gasteiger partial charge is 0.244 e. The number of benzene rings is 1. The van der Waals surface area contributed by atoms with Gasteiger partial charge in [-0.1, -0.05) is 6.07 Å². The van der Waals surface area contributed by atoms with E-state index in [9.17, 15) is 22.6 Å². The maximum atomic E-state index is 13.7. The van der Waals surface area contributed by atoms with E-state index in [1.807, 2.05) is 0 Å². The van der Waals surface area contributed by atoms with Crippen LogP contribution in [0.5, 0.6) is 0 Å². The number of nitrogens with zero attached hydrogens (tertiary/aromatic N) is 1. The summed E-state index contributed by atoms with van der Waals surface area (Å²) in [6.45, 7) is 2.89. The van der Waals surface area contributed by atoms with Crippen LogP contribution in [0, 0.1) is 11.6 Å². The summed E-state index contributed by atoms with van der Waals surface area (Å²) < 4.78 is 39.5. The minimum Gasteiger partial charge on any atom is -0.347 e. The Morgan fingerprint density at radius 2 is 1.74 bits per heavy atom. The maximum absolute atomic E-state index is 13.7. The average Bonchev–Trinajstić information content (AvgIpc) is 2.45. The predicted molar refractivity (Wildman–Crippen MR) is 84.1 cm³/mol. The second-order valence-electron chi connectivity index (χ2n) is 5.32. The Kier molecular flexibility index (Phi) is 6.80. The molecule has 1 N–H and O–H groups in total. The van der Waals surface area contributed by atoms with Crippen molar-refractivity contribution in [1.82, 2.24) is 10.2 Å². The number of carbonyl (C=O) groups is 2. The Hall–Kier alpha value is -1.83. The van der Waals surface area contributed by atoms with E-state index in [-0.39, 0.29) is 11.5 Å². The maximum Gasteiger partial charge on any atom is 0.244 e. The number of carbonyl (C=O) groups excluding carboxylic acids is 2. The van der Waals surface area contributed by atoms with Crippen molar-refractivity contribution in [3.05, 3.63) is 35.4 Å². The molecule has 5 nitrogen and oxygen atoms in total. The molecule has 0 aliphatic heterocycles. The summed E-state index contributed by atoms with van der Waals surface area (Å²) in [5.41, 5.74) is -0.309.